The zero-order chi connectivity index (χ0) is 12.4. The van der Waals surface area contributed by atoms with Crippen LogP contribution in [0.5, 0.6) is 0 Å². The van der Waals surface area contributed by atoms with E-state index >= 15 is 0 Å². The molecular weight excluding hydrogens is 222 g/mol. The van der Waals surface area contributed by atoms with E-state index in [9.17, 15) is 0 Å². The average molecular weight is 245 g/mol. The quantitative estimate of drug-likeness (QED) is 0.799. The molecule has 1 N–H and O–H groups in total. The number of aromatic nitrogens is 1. The molecule has 2 saturated carbocycles. The lowest BCUT2D eigenvalue weighted by molar-refractivity contribution is 0.671. The van der Waals surface area contributed by atoms with Gasteiger partial charge in [-0.2, -0.15) is 0 Å². The summed E-state index contributed by atoms with van der Waals surface area (Å²) in [5.41, 5.74) is 1.26. The summed E-state index contributed by atoms with van der Waals surface area (Å²) in [5.74, 6) is 3.04. The van der Waals surface area contributed by atoms with Gasteiger partial charge in [-0.05, 0) is 56.2 Å². The molecule has 0 aromatic carbocycles. The fourth-order valence-electron chi connectivity index (χ4n) is 2.40. The van der Waals surface area contributed by atoms with Crippen LogP contribution in [0.3, 0.4) is 0 Å². The van der Waals surface area contributed by atoms with Gasteiger partial charge < -0.3 is 10.2 Å². The second-order valence-electron chi connectivity index (χ2n) is 5.85. The van der Waals surface area contributed by atoms with Gasteiger partial charge in [-0.1, -0.05) is 6.07 Å². The summed E-state index contributed by atoms with van der Waals surface area (Å²) < 4.78 is 0. The molecule has 0 unspecified atom stereocenters. The van der Waals surface area contributed by atoms with Gasteiger partial charge in [-0.25, -0.2) is 4.98 Å². The van der Waals surface area contributed by atoms with Crippen LogP contribution in [0.25, 0.3) is 0 Å². The predicted octanol–water partition coefficient (Wildman–Crippen LogP) is 2.43. The van der Waals surface area contributed by atoms with Crippen molar-refractivity contribution < 1.29 is 0 Å². The number of hydrogen-bond donors (Lipinski definition) is 1. The molecule has 0 saturated heterocycles. The Labute approximate surface area is 110 Å². The Kier molecular flexibility index (Phi) is 3.50. The van der Waals surface area contributed by atoms with Crippen molar-refractivity contribution in [3.05, 3.63) is 23.9 Å². The molecule has 98 valence electrons. The van der Waals surface area contributed by atoms with Crippen molar-refractivity contribution in [2.45, 2.75) is 32.2 Å². The maximum Gasteiger partial charge on any atom is 0.128 e. The first-order valence-electron chi connectivity index (χ1n) is 7.19. The lowest BCUT2D eigenvalue weighted by Gasteiger charge is -2.23. The van der Waals surface area contributed by atoms with Gasteiger partial charge in [0.25, 0.3) is 0 Å². The Morgan fingerprint density at radius 2 is 1.83 bits per heavy atom. The van der Waals surface area contributed by atoms with E-state index in [0.717, 1.165) is 18.4 Å². The van der Waals surface area contributed by atoms with Crippen LogP contribution >= 0.6 is 0 Å². The summed E-state index contributed by atoms with van der Waals surface area (Å²) in [5, 5.41) is 3.16. The van der Waals surface area contributed by atoms with Gasteiger partial charge in [-0.3, -0.25) is 0 Å². The fourth-order valence-corrected chi connectivity index (χ4v) is 2.40. The summed E-state index contributed by atoms with van der Waals surface area (Å²) in [6, 6.07) is 4.39. The molecule has 1 aromatic rings. The second-order valence-corrected chi connectivity index (χ2v) is 5.85. The molecule has 3 heteroatoms. The van der Waals surface area contributed by atoms with Gasteiger partial charge in [0.1, 0.15) is 5.82 Å². The molecule has 2 aliphatic carbocycles. The molecule has 2 fully saturated rings. The van der Waals surface area contributed by atoms with Crippen molar-refractivity contribution in [1.29, 1.82) is 0 Å². The third-order valence-corrected chi connectivity index (χ3v) is 3.87. The molecule has 0 atom stereocenters. The molecule has 0 amide bonds. The van der Waals surface area contributed by atoms with E-state index < -0.39 is 0 Å². The number of hydrogen-bond acceptors (Lipinski definition) is 3. The smallest absolute Gasteiger partial charge is 0.128 e. The molecule has 1 aromatic heterocycles. The van der Waals surface area contributed by atoms with Crippen molar-refractivity contribution in [1.82, 2.24) is 10.3 Å². The molecule has 0 spiro atoms. The molecule has 1 heterocycles. The standard InChI is InChI=1S/C15H23N3/c1-16-8-14-6-7-15(17-9-14)18(10-12-2-3-12)11-13-4-5-13/h6-7,9,12-13,16H,2-5,8,10-11H2,1H3. The predicted molar refractivity (Wildman–Crippen MR) is 74.7 cm³/mol. The SMILES string of the molecule is CNCc1ccc(N(CC2CC2)CC2CC2)nc1. The Morgan fingerprint density at radius 3 is 2.28 bits per heavy atom. The van der Waals surface area contributed by atoms with Crippen LogP contribution in [0.4, 0.5) is 5.82 Å². The maximum atomic E-state index is 4.65. The molecule has 18 heavy (non-hydrogen) atoms. The highest BCUT2D eigenvalue weighted by Crippen LogP contribution is 2.35. The van der Waals surface area contributed by atoms with Gasteiger partial charge in [0, 0.05) is 25.8 Å². The highest BCUT2D eigenvalue weighted by Gasteiger charge is 2.29. The van der Waals surface area contributed by atoms with E-state index in [-0.39, 0.29) is 0 Å². The zero-order valence-electron chi connectivity index (χ0n) is 11.2. The highest BCUT2D eigenvalue weighted by molar-refractivity contribution is 5.40. The summed E-state index contributed by atoms with van der Waals surface area (Å²) >= 11 is 0. The Hall–Kier alpha value is -1.09. The van der Waals surface area contributed by atoms with Crippen molar-refractivity contribution in [2.24, 2.45) is 11.8 Å². The second kappa shape index (κ2) is 5.27. The Balaban J connectivity index is 1.66. The molecule has 3 rings (SSSR count). The molecule has 2 aliphatic rings. The zero-order valence-corrected chi connectivity index (χ0v) is 11.2. The van der Waals surface area contributed by atoms with Crippen LogP contribution < -0.4 is 10.2 Å². The summed E-state index contributed by atoms with van der Waals surface area (Å²) in [4.78, 5) is 7.16. The minimum atomic E-state index is 0.901. The van der Waals surface area contributed by atoms with E-state index in [2.05, 4.69) is 27.3 Å². The van der Waals surface area contributed by atoms with Gasteiger partial charge in [-0.15, -0.1) is 0 Å². The molecule has 0 radical (unpaired) electrons. The monoisotopic (exact) mass is 245 g/mol. The van der Waals surface area contributed by atoms with Crippen LogP contribution in [-0.2, 0) is 6.54 Å². The first-order chi connectivity index (χ1) is 8.85. The van der Waals surface area contributed by atoms with Crippen LogP contribution in [0.2, 0.25) is 0 Å². The number of nitrogens with zero attached hydrogens (tertiary/aromatic N) is 2. The molecular formula is C15H23N3. The summed E-state index contributed by atoms with van der Waals surface area (Å²) in [6.07, 6.45) is 7.68. The Morgan fingerprint density at radius 1 is 1.17 bits per heavy atom. The van der Waals surface area contributed by atoms with E-state index in [1.165, 1.54) is 50.2 Å². The van der Waals surface area contributed by atoms with Gasteiger partial charge in [0.15, 0.2) is 0 Å². The minimum absolute atomic E-state index is 0.901. The normalized spacial score (nSPS) is 18.9. The third-order valence-electron chi connectivity index (χ3n) is 3.87. The lowest BCUT2D eigenvalue weighted by atomic mass is 10.2. The Bertz CT molecular complexity index is 365. The minimum Gasteiger partial charge on any atom is -0.356 e. The van der Waals surface area contributed by atoms with Crippen molar-refractivity contribution in [2.75, 3.05) is 25.0 Å². The summed E-state index contributed by atoms with van der Waals surface area (Å²) in [6.45, 7) is 3.34. The van der Waals surface area contributed by atoms with E-state index in [0.29, 0.717) is 0 Å². The molecule has 0 aliphatic heterocycles. The summed E-state index contributed by atoms with van der Waals surface area (Å²) in [7, 11) is 1.97. The van der Waals surface area contributed by atoms with Gasteiger partial charge in [0.05, 0.1) is 0 Å². The lowest BCUT2D eigenvalue weighted by Crippen LogP contribution is -2.28. The molecule has 3 nitrogen and oxygen atoms in total. The van der Waals surface area contributed by atoms with Crippen LogP contribution in [0, 0.1) is 11.8 Å². The van der Waals surface area contributed by atoms with E-state index in [4.69, 9.17) is 0 Å². The van der Waals surface area contributed by atoms with Crippen molar-refractivity contribution in [3.63, 3.8) is 0 Å². The average Bonchev–Trinajstić information content (AvgIpc) is 3.25. The number of nitrogens with one attached hydrogen (secondary N) is 1. The van der Waals surface area contributed by atoms with Crippen LogP contribution in [-0.4, -0.2) is 25.1 Å². The number of pyridine rings is 1. The first-order valence-corrected chi connectivity index (χ1v) is 7.19. The first kappa shape index (κ1) is 12.0. The van der Waals surface area contributed by atoms with Crippen molar-refractivity contribution >= 4 is 5.82 Å². The van der Waals surface area contributed by atoms with Crippen LogP contribution in [0.15, 0.2) is 18.3 Å². The topological polar surface area (TPSA) is 28.2 Å². The largest absolute Gasteiger partial charge is 0.356 e. The van der Waals surface area contributed by atoms with Gasteiger partial charge >= 0.3 is 0 Å². The van der Waals surface area contributed by atoms with E-state index in [1.807, 2.05) is 13.2 Å². The number of anilines is 1. The fraction of sp³-hybridized carbons (Fsp3) is 0.667. The van der Waals surface area contributed by atoms with E-state index in [1.54, 1.807) is 0 Å². The third kappa shape index (κ3) is 3.22. The van der Waals surface area contributed by atoms with Gasteiger partial charge in [0.2, 0.25) is 0 Å². The van der Waals surface area contributed by atoms with Crippen LogP contribution in [0.1, 0.15) is 31.2 Å². The number of rotatable bonds is 7. The maximum absolute atomic E-state index is 4.65. The molecule has 0 bridgehead atoms. The van der Waals surface area contributed by atoms with Crippen molar-refractivity contribution in [3.8, 4) is 0 Å². The highest BCUT2D eigenvalue weighted by atomic mass is 15.2.